The van der Waals surface area contributed by atoms with Crippen molar-refractivity contribution in [2.45, 2.75) is 24.2 Å². The van der Waals surface area contributed by atoms with Crippen LogP contribution in [0.25, 0.3) is 11.0 Å². The highest BCUT2D eigenvalue weighted by Gasteiger charge is 2.41. The van der Waals surface area contributed by atoms with Gasteiger partial charge in [0.15, 0.2) is 0 Å². The lowest BCUT2D eigenvalue weighted by atomic mass is 10.3. The molecule has 0 saturated carbocycles. The molecule has 3 aromatic rings. The molecule has 0 bridgehead atoms. The molecule has 4 heterocycles. The van der Waals surface area contributed by atoms with Crippen LogP contribution in [0.15, 0.2) is 29.4 Å². The van der Waals surface area contributed by atoms with Crippen LogP contribution < -0.4 is 0 Å². The average Bonchev–Trinajstić information content (AvgIpc) is 3.18. The fraction of sp³-hybridized carbons (Fsp3) is 0.308. The smallest absolute Gasteiger partial charge is 0.345 e. The van der Waals surface area contributed by atoms with E-state index in [0.29, 0.717) is 11.0 Å². The van der Waals surface area contributed by atoms with Crippen molar-refractivity contribution in [2.24, 2.45) is 0 Å². The van der Waals surface area contributed by atoms with Gasteiger partial charge in [-0.25, -0.2) is 13.4 Å². The monoisotopic (exact) mass is 372 g/mol. The Labute approximate surface area is 139 Å². The van der Waals surface area contributed by atoms with E-state index < -0.39 is 22.0 Å². The lowest BCUT2D eigenvalue weighted by Gasteiger charge is -2.27. The highest BCUT2D eigenvalue weighted by Crippen LogP contribution is 2.31. The average molecular weight is 372 g/mol. The van der Waals surface area contributed by atoms with E-state index in [4.69, 9.17) is 0 Å². The SMILES string of the molecule is O=S(=O)(c1c[nH]c2ncccc12)N1CCn2c(nnc2C(F)(F)F)C1. The van der Waals surface area contributed by atoms with Crippen molar-refractivity contribution in [3.8, 4) is 0 Å². The molecule has 132 valence electrons. The van der Waals surface area contributed by atoms with Gasteiger partial charge in [-0.15, -0.1) is 10.2 Å². The maximum Gasteiger partial charge on any atom is 0.451 e. The van der Waals surface area contributed by atoms with Crippen molar-refractivity contribution >= 4 is 21.1 Å². The molecular weight excluding hydrogens is 361 g/mol. The molecule has 1 aliphatic rings. The van der Waals surface area contributed by atoms with E-state index in [1.165, 1.54) is 12.4 Å². The molecule has 4 rings (SSSR count). The molecule has 12 heteroatoms. The van der Waals surface area contributed by atoms with E-state index >= 15 is 0 Å². The van der Waals surface area contributed by atoms with Crippen LogP contribution in [0.5, 0.6) is 0 Å². The third-order valence-electron chi connectivity index (χ3n) is 4.00. The molecule has 1 N–H and O–H groups in total. The zero-order valence-corrected chi connectivity index (χ0v) is 13.3. The molecule has 0 spiro atoms. The van der Waals surface area contributed by atoms with Crippen molar-refractivity contribution in [1.29, 1.82) is 0 Å². The Morgan fingerprint density at radius 1 is 1.20 bits per heavy atom. The molecule has 1 aliphatic heterocycles. The maximum absolute atomic E-state index is 12.9. The Morgan fingerprint density at radius 2 is 2.00 bits per heavy atom. The van der Waals surface area contributed by atoms with Crippen LogP contribution in [0.4, 0.5) is 13.2 Å². The zero-order chi connectivity index (χ0) is 17.8. The lowest BCUT2D eigenvalue weighted by molar-refractivity contribution is -0.147. The Balaban J connectivity index is 1.71. The summed E-state index contributed by atoms with van der Waals surface area (Å²) < 4.78 is 66.4. The highest BCUT2D eigenvalue weighted by molar-refractivity contribution is 7.89. The second-order valence-electron chi connectivity index (χ2n) is 5.48. The molecule has 0 saturated heterocycles. The van der Waals surface area contributed by atoms with Gasteiger partial charge in [-0.3, -0.25) is 0 Å². The number of aromatic nitrogens is 5. The van der Waals surface area contributed by atoms with Gasteiger partial charge in [-0.2, -0.15) is 17.5 Å². The van der Waals surface area contributed by atoms with E-state index in [0.717, 1.165) is 8.87 Å². The summed E-state index contributed by atoms with van der Waals surface area (Å²) in [7, 11) is -3.91. The number of hydrogen-bond acceptors (Lipinski definition) is 5. The normalized spacial score (nSPS) is 16.3. The van der Waals surface area contributed by atoms with Crippen LogP contribution in [-0.4, -0.2) is 44.0 Å². The summed E-state index contributed by atoms with van der Waals surface area (Å²) in [4.78, 5) is 6.84. The minimum absolute atomic E-state index is 0.0274. The third-order valence-corrected chi connectivity index (χ3v) is 5.89. The molecular formula is C13H11F3N6O2S. The summed E-state index contributed by atoms with van der Waals surface area (Å²) in [6.45, 7) is -0.557. The Morgan fingerprint density at radius 3 is 2.76 bits per heavy atom. The Bertz CT molecular complexity index is 1060. The Kier molecular flexibility index (Phi) is 3.37. The number of halogens is 3. The molecule has 0 aromatic carbocycles. The lowest BCUT2D eigenvalue weighted by Crippen LogP contribution is -2.39. The molecule has 0 fully saturated rings. The quantitative estimate of drug-likeness (QED) is 0.733. The van der Waals surface area contributed by atoms with E-state index in [2.05, 4.69) is 20.2 Å². The number of aromatic amines is 1. The standard InChI is InChI=1S/C13H11F3N6O2S/c14-13(15,16)12-20-19-10-7-21(4-5-22(10)12)25(23,24)9-6-18-11-8(9)2-1-3-17-11/h1-3,6H,4-5,7H2,(H,17,18). The van der Waals surface area contributed by atoms with Crippen molar-refractivity contribution in [3.05, 3.63) is 36.2 Å². The summed E-state index contributed by atoms with van der Waals surface area (Å²) in [6.07, 6.45) is -1.78. The number of nitrogens with zero attached hydrogens (tertiary/aromatic N) is 5. The predicted molar refractivity (Wildman–Crippen MR) is 78.7 cm³/mol. The second-order valence-corrected chi connectivity index (χ2v) is 7.39. The van der Waals surface area contributed by atoms with Crippen molar-refractivity contribution < 1.29 is 21.6 Å². The van der Waals surface area contributed by atoms with E-state index in [1.807, 2.05) is 0 Å². The first-order valence-corrected chi connectivity index (χ1v) is 8.64. The van der Waals surface area contributed by atoms with Gasteiger partial charge in [0.1, 0.15) is 16.4 Å². The van der Waals surface area contributed by atoms with E-state index in [1.54, 1.807) is 12.1 Å². The summed E-state index contributed by atoms with van der Waals surface area (Å²) >= 11 is 0. The largest absolute Gasteiger partial charge is 0.451 e. The number of fused-ring (bicyclic) bond motifs is 2. The number of sulfonamides is 1. The zero-order valence-electron chi connectivity index (χ0n) is 12.5. The summed E-state index contributed by atoms with van der Waals surface area (Å²) in [5, 5.41) is 7.07. The minimum Gasteiger partial charge on any atom is -0.345 e. The van der Waals surface area contributed by atoms with Gasteiger partial charge in [-0.05, 0) is 12.1 Å². The van der Waals surface area contributed by atoms with Crippen molar-refractivity contribution in [1.82, 2.24) is 29.0 Å². The van der Waals surface area contributed by atoms with Crippen LogP contribution in [0.2, 0.25) is 0 Å². The van der Waals surface area contributed by atoms with Gasteiger partial charge in [0, 0.05) is 30.9 Å². The minimum atomic E-state index is -4.63. The molecule has 8 nitrogen and oxygen atoms in total. The molecule has 0 radical (unpaired) electrons. The second kappa shape index (κ2) is 5.26. The van der Waals surface area contributed by atoms with E-state index in [-0.39, 0.29) is 30.4 Å². The Hall–Kier alpha value is -2.47. The molecule has 25 heavy (non-hydrogen) atoms. The van der Waals surface area contributed by atoms with Crippen molar-refractivity contribution in [2.75, 3.05) is 6.54 Å². The molecule has 0 unspecified atom stereocenters. The predicted octanol–water partition coefficient (Wildman–Crippen LogP) is 1.38. The fourth-order valence-electron chi connectivity index (χ4n) is 2.83. The number of alkyl halides is 3. The summed E-state index contributed by atoms with van der Waals surface area (Å²) in [5.74, 6) is -1.16. The van der Waals surface area contributed by atoms with Crippen LogP contribution in [-0.2, 0) is 29.3 Å². The van der Waals surface area contributed by atoms with Gasteiger partial charge >= 0.3 is 6.18 Å². The summed E-state index contributed by atoms with van der Waals surface area (Å²) in [5.41, 5.74) is 0.417. The van der Waals surface area contributed by atoms with Crippen LogP contribution in [0.1, 0.15) is 11.6 Å². The third kappa shape index (κ3) is 2.48. The van der Waals surface area contributed by atoms with Gasteiger partial charge < -0.3 is 9.55 Å². The van der Waals surface area contributed by atoms with Crippen molar-refractivity contribution in [3.63, 3.8) is 0 Å². The highest BCUT2D eigenvalue weighted by atomic mass is 32.2. The first-order chi connectivity index (χ1) is 11.8. The first-order valence-electron chi connectivity index (χ1n) is 7.20. The van der Waals surface area contributed by atoms with Gasteiger partial charge in [0.2, 0.25) is 15.8 Å². The van der Waals surface area contributed by atoms with Gasteiger partial charge in [-0.1, -0.05) is 0 Å². The van der Waals surface area contributed by atoms with Crippen LogP contribution >= 0.6 is 0 Å². The molecule has 0 atom stereocenters. The number of pyridine rings is 1. The summed E-state index contributed by atoms with van der Waals surface area (Å²) in [6, 6.07) is 3.22. The first kappa shape index (κ1) is 16.0. The molecule has 3 aromatic heterocycles. The van der Waals surface area contributed by atoms with Crippen LogP contribution in [0, 0.1) is 0 Å². The molecule has 0 amide bonds. The fourth-order valence-corrected chi connectivity index (χ4v) is 4.37. The van der Waals surface area contributed by atoms with Gasteiger partial charge in [0.05, 0.1) is 6.54 Å². The topological polar surface area (TPSA) is 96.8 Å². The number of rotatable bonds is 2. The molecule has 0 aliphatic carbocycles. The van der Waals surface area contributed by atoms with Gasteiger partial charge in [0.25, 0.3) is 0 Å². The number of nitrogens with one attached hydrogen (secondary N) is 1. The van der Waals surface area contributed by atoms with Crippen LogP contribution in [0.3, 0.4) is 0 Å². The number of hydrogen-bond donors (Lipinski definition) is 1. The maximum atomic E-state index is 12.9. The number of H-pyrrole nitrogens is 1. The van der Waals surface area contributed by atoms with E-state index in [9.17, 15) is 21.6 Å².